The van der Waals surface area contributed by atoms with Crippen LogP contribution < -0.4 is 5.32 Å². The van der Waals surface area contributed by atoms with E-state index in [4.69, 9.17) is 0 Å². The van der Waals surface area contributed by atoms with E-state index in [1.807, 2.05) is 17.8 Å². The Labute approximate surface area is 132 Å². The van der Waals surface area contributed by atoms with Crippen molar-refractivity contribution in [2.24, 2.45) is 0 Å². The molecule has 3 heteroatoms. The standard InChI is InChI=1S/C18H24N2S/c1-5-11-21-18-10-8-7-9-17(18)19-13-16-12-14(3)20(6-2)15(16)4/h5,7-10,12,19H,1,6,11,13H2,2-4H3. The summed E-state index contributed by atoms with van der Waals surface area (Å²) in [6.45, 7) is 12.3. The first-order chi connectivity index (χ1) is 10.2. The maximum Gasteiger partial charge on any atom is 0.0481 e. The Morgan fingerprint density at radius 3 is 2.71 bits per heavy atom. The Hall–Kier alpha value is -1.61. The average Bonchev–Trinajstić information content (AvgIpc) is 2.77. The van der Waals surface area contributed by atoms with Crippen LogP contribution in [0.3, 0.4) is 0 Å². The molecule has 2 nitrogen and oxygen atoms in total. The number of thioether (sulfide) groups is 1. The van der Waals surface area contributed by atoms with Crippen molar-refractivity contribution in [2.75, 3.05) is 11.1 Å². The Morgan fingerprint density at radius 1 is 1.29 bits per heavy atom. The summed E-state index contributed by atoms with van der Waals surface area (Å²) in [5.41, 5.74) is 5.27. The highest BCUT2D eigenvalue weighted by Gasteiger charge is 2.08. The summed E-state index contributed by atoms with van der Waals surface area (Å²) in [5.74, 6) is 0.934. The predicted octanol–water partition coefficient (Wildman–Crippen LogP) is 5.02. The molecule has 112 valence electrons. The summed E-state index contributed by atoms with van der Waals surface area (Å²) >= 11 is 1.81. The number of hydrogen-bond acceptors (Lipinski definition) is 2. The minimum absolute atomic E-state index is 0.866. The molecule has 0 spiro atoms. The van der Waals surface area contributed by atoms with E-state index >= 15 is 0 Å². The molecule has 21 heavy (non-hydrogen) atoms. The zero-order chi connectivity index (χ0) is 15.2. The second kappa shape index (κ2) is 7.41. The highest BCUT2D eigenvalue weighted by Crippen LogP contribution is 2.27. The van der Waals surface area contributed by atoms with Gasteiger partial charge in [-0.1, -0.05) is 18.2 Å². The summed E-state index contributed by atoms with van der Waals surface area (Å²) in [4.78, 5) is 1.28. The topological polar surface area (TPSA) is 17.0 Å². The van der Waals surface area contributed by atoms with Gasteiger partial charge in [-0.25, -0.2) is 0 Å². The minimum atomic E-state index is 0.866. The van der Waals surface area contributed by atoms with Gasteiger partial charge >= 0.3 is 0 Å². The number of nitrogens with zero attached hydrogens (tertiary/aromatic N) is 1. The number of para-hydroxylation sites is 1. The maximum atomic E-state index is 3.79. The van der Waals surface area contributed by atoms with Gasteiger partial charge in [0.25, 0.3) is 0 Å². The Bertz CT molecular complexity index is 614. The molecule has 0 saturated heterocycles. The lowest BCUT2D eigenvalue weighted by Crippen LogP contribution is -2.03. The van der Waals surface area contributed by atoms with E-state index in [1.165, 1.54) is 27.5 Å². The van der Waals surface area contributed by atoms with E-state index in [0.29, 0.717) is 0 Å². The second-order valence-corrected chi connectivity index (χ2v) is 6.15. The molecule has 1 heterocycles. The third-order valence-corrected chi connectivity index (χ3v) is 4.78. The van der Waals surface area contributed by atoms with Crippen molar-refractivity contribution < 1.29 is 0 Å². The summed E-state index contributed by atoms with van der Waals surface area (Å²) in [6.07, 6.45) is 1.94. The molecule has 0 radical (unpaired) electrons. The van der Waals surface area contributed by atoms with Gasteiger partial charge in [0.05, 0.1) is 0 Å². The average molecular weight is 300 g/mol. The lowest BCUT2D eigenvalue weighted by atomic mass is 10.2. The highest BCUT2D eigenvalue weighted by molar-refractivity contribution is 7.99. The normalized spacial score (nSPS) is 10.6. The molecule has 0 aliphatic heterocycles. The Morgan fingerprint density at radius 2 is 2.05 bits per heavy atom. The molecule has 0 aliphatic rings. The molecular formula is C18H24N2S. The van der Waals surface area contributed by atoms with Crippen molar-refractivity contribution in [1.82, 2.24) is 4.57 Å². The van der Waals surface area contributed by atoms with Crippen LogP contribution in [0.4, 0.5) is 5.69 Å². The molecule has 1 aromatic heterocycles. The fourth-order valence-electron chi connectivity index (χ4n) is 2.62. The van der Waals surface area contributed by atoms with Crippen LogP contribution in [0.5, 0.6) is 0 Å². The van der Waals surface area contributed by atoms with Crippen molar-refractivity contribution in [3.05, 3.63) is 59.9 Å². The zero-order valence-electron chi connectivity index (χ0n) is 13.1. The third-order valence-electron chi connectivity index (χ3n) is 3.71. The molecule has 0 saturated carbocycles. The summed E-state index contributed by atoms with van der Waals surface area (Å²) in [5, 5.41) is 3.58. The van der Waals surface area contributed by atoms with Gasteiger partial charge in [0.1, 0.15) is 0 Å². The van der Waals surface area contributed by atoms with Gasteiger partial charge in [0, 0.05) is 40.8 Å². The van der Waals surface area contributed by atoms with Crippen molar-refractivity contribution in [2.45, 2.75) is 38.8 Å². The fraction of sp³-hybridized carbons (Fsp3) is 0.333. The summed E-state index contributed by atoms with van der Waals surface area (Å²) in [7, 11) is 0. The molecule has 1 N–H and O–H groups in total. The number of benzene rings is 1. The number of nitrogens with one attached hydrogen (secondary N) is 1. The first-order valence-electron chi connectivity index (χ1n) is 7.39. The van der Waals surface area contributed by atoms with Gasteiger partial charge in [0.15, 0.2) is 0 Å². The van der Waals surface area contributed by atoms with Crippen molar-refractivity contribution in [3.63, 3.8) is 0 Å². The number of anilines is 1. The monoisotopic (exact) mass is 300 g/mol. The number of hydrogen-bond donors (Lipinski definition) is 1. The first kappa shape index (κ1) is 15.8. The highest BCUT2D eigenvalue weighted by atomic mass is 32.2. The quantitative estimate of drug-likeness (QED) is 0.571. The van der Waals surface area contributed by atoms with E-state index in [0.717, 1.165) is 18.8 Å². The molecule has 2 aromatic rings. The van der Waals surface area contributed by atoms with Crippen LogP contribution in [-0.2, 0) is 13.1 Å². The molecule has 0 bridgehead atoms. The second-order valence-electron chi connectivity index (χ2n) is 5.09. The van der Waals surface area contributed by atoms with Crippen LogP contribution in [0.2, 0.25) is 0 Å². The zero-order valence-corrected chi connectivity index (χ0v) is 14.0. The SMILES string of the molecule is C=CCSc1ccccc1NCc1cc(C)n(CC)c1C. The molecule has 0 amide bonds. The Kier molecular flexibility index (Phi) is 5.57. The lowest BCUT2D eigenvalue weighted by molar-refractivity contribution is 0.715. The van der Waals surface area contributed by atoms with E-state index in [2.05, 4.69) is 67.6 Å². The van der Waals surface area contributed by atoms with Crippen LogP contribution in [0.15, 0.2) is 47.9 Å². The van der Waals surface area contributed by atoms with Crippen LogP contribution in [0.25, 0.3) is 0 Å². The molecule has 1 aromatic carbocycles. The van der Waals surface area contributed by atoms with Gasteiger partial charge < -0.3 is 9.88 Å². The fourth-order valence-corrected chi connectivity index (χ4v) is 3.38. The molecule has 0 unspecified atom stereocenters. The number of aromatic nitrogens is 1. The van der Waals surface area contributed by atoms with Crippen LogP contribution in [-0.4, -0.2) is 10.3 Å². The summed E-state index contributed by atoms with van der Waals surface area (Å²) < 4.78 is 2.36. The third kappa shape index (κ3) is 3.73. The largest absolute Gasteiger partial charge is 0.380 e. The van der Waals surface area contributed by atoms with Crippen LogP contribution >= 0.6 is 11.8 Å². The Balaban J connectivity index is 2.11. The van der Waals surface area contributed by atoms with Gasteiger partial charge in [-0.2, -0.15) is 0 Å². The van der Waals surface area contributed by atoms with Gasteiger partial charge in [-0.05, 0) is 44.5 Å². The molecule has 0 atom stereocenters. The summed E-state index contributed by atoms with van der Waals surface area (Å²) in [6, 6.07) is 10.7. The van der Waals surface area contributed by atoms with E-state index in [1.54, 1.807) is 0 Å². The van der Waals surface area contributed by atoms with Gasteiger partial charge in [0.2, 0.25) is 0 Å². The van der Waals surface area contributed by atoms with Gasteiger partial charge in [-0.3, -0.25) is 0 Å². The molecule has 0 fully saturated rings. The van der Waals surface area contributed by atoms with Crippen LogP contribution in [0.1, 0.15) is 23.9 Å². The maximum absolute atomic E-state index is 3.79. The van der Waals surface area contributed by atoms with E-state index in [9.17, 15) is 0 Å². The first-order valence-corrected chi connectivity index (χ1v) is 8.38. The van der Waals surface area contributed by atoms with Crippen LogP contribution in [0, 0.1) is 13.8 Å². The number of aryl methyl sites for hydroxylation is 1. The molecule has 0 aliphatic carbocycles. The van der Waals surface area contributed by atoms with E-state index in [-0.39, 0.29) is 0 Å². The van der Waals surface area contributed by atoms with Gasteiger partial charge in [-0.15, -0.1) is 18.3 Å². The molecular weight excluding hydrogens is 276 g/mol. The van der Waals surface area contributed by atoms with Crippen molar-refractivity contribution >= 4 is 17.4 Å². The van der Waals surface area contributed by atoms with Crippen molar-refractivity contribution in [1.29, 1.82) is 0 Å². The predicted molar refractivity (Wildman–Crippen MR) is 94.3 cm³/mol. The lowest BCUT2D eigenvalue weighted by Gasteiger charge is -2.11. The van der Waals surface area contributed by atoms with Crippen molar-refractivity contribution in [3.8, 4) is 0 Å². The minimum Gasteiger partial charge on any atom is -0.380 e. The van der Waals surface area contributed by atoms with E-state index < -0.39 is 0 Å². The smallest absolute Gasteiger partial charge is 0.0481 e. The number of rotatable bonds is 7. The molecule has 2 rings (SSSR count).